The maximum atomic E-state index is 9.74. The third-order valence-corrected chi connectivity index (χ3v) is 4.22. The Morgan fingerprint density at radius 2 is 2.17 bits per heavy atom. The largest absolute Gasteiger partial charge is 0.394 e. The Bertz CT molecular complexity index is 382. The molecule has 18 heavy (non-hydrogen) atoms. The molecule has 1 aromatic carbocycles. The van der Waals surface area contributed by atoms with Gasteiger partial charge in [0.1, 0.15) is 0 Å². The summed E-state index contributed by atoms with van der Waals surface area (Å²) in [4.78, 5) is 0. The number of ether oxygens (including phenoxy) is 1. The zero-order valence-corrected chi connectivity index (χ0v) is 12.2. The number of aliphatic hydroxyl groups excluding tert-OH is 1. The SMILES string of the molecule is COC1CCCC(CO)(Nc2ccc(Br)cc2)C1. The van der Waals surface area contributed by atoms with Crippen LogP contribution < -0.4 is 5.32 Å². The fourth-order valence-electron chi connectivity index (χ4n) is 2.65. The quantitative estimate of drug-likeness (QED) is 0.897. The second-order valence-corrected chi connectivity index (χ2v) is 5.94. The van der Waals surface area contributed by atoms with E-state index >= 15 is 0 Å². The maximum absolute atomic E-state index is 9.74. The molecule has 0 amide bonds. The molecule has 1 aromatic rings. The van der Waals surface area contributed by atoms with Gasteiger partial charge in [-0.1, -0.05) is 15.9 Å². The van der Waals surface area contributed by atoms with E-state index in [4.69, 9.17) is 4.74 Å². The molecule has 0 radical (unpaired) electrons. The monoisotopic (exact) mass is 313 g/mol. The Balaban J connectivity index is 2.09. The van der Waals surface area contributed by atoms with Gasteiger partial charge < -0.3 is 15.2 Å². The van der Waals surface area contributed by atoms with Crippen molar-refractivity contribution in [2.75, 3.05) is 19.0 Å². The number of benzene rings is 1. The highest BCUT2D eigenvalue weighted by atomic mass is 79.9. The normalized spacial score (nSPS) is 28.1. The molecule has 4 heteroatoms. The molecule has 0 heterocycles. The van der Waals surface area contributed by atoms with Gasteiger partial charge in [-0.15, -0.1) is 0 Å². The van der Waals surface area contributed by atoms with Crippen LogP contribution in [-0.4, -0.2) is 30.5 Å². The summed E-state index contributed by atoms with van der Waals surface area (Å²) in [5.41, 5.74) is 0.802. The van der Waals surface area contributed by atoms with Crippen LogP contribution in [0.25, 0.3) is 0 Å². The molecule has 0 saturated heterocycles. The highest BCUT2D eigenvalue weighted by Gasteiger charge is 2.35. The van der Waals surface area contributed by atoms with Gasteiger partial charge in [-0.25, -0.2) is 0 Å². The average Bonchev–Trinajstić information content (AvgIpc) is 2.42. The number of hydrogen-bond donors (Lipinski definition) is 2. The first-order valence-electron chi connectivity index (χ1n) is 6.35. The van der Waals surface area contributed by atoms with Crippen molar-refractivity contribution in [2.45, 2.75) is 37.3 Å². The van der Waals surface area contributed by atoms with Crippen molar-refractivity contribution < 1.29 is 9.84 Å². The first-order valence-corrected chi connectivity index (χ1v) is 7.14. The number of methoxy groups -OCH3 is 1. The lowest BCUT2D eigenvalue weighted by Gasteiger charge is -2.40. The molecule has 1 saturated carbocycles. The summed E-state index contributed by atoms with van der Waals surface area (Å²) >= 11 is 3.42. The lowest BCUT2D eigenvalue weighted by atomic mass is 9.80. The summed E-state index contributed by atoms with van der Waals surface area (Å²) in [5, 5.41) is 13.2. The van der Waals surface area contributed by atoms with Crippen LogP contribution >= 0.6 is 15.9 Å². The second-order valence-electron chi connectivity index (χ2n) is 5.02. The smallest absolute Gasteiger partial charge is 0.0662 e. The minimum absolute atomic E-state index is 0.142. The van der Waals surface area contributed by atoms with Gasteiger partial charge in [-0.3, -0.25) is 0 Å². The van der Waals surface area contributed by atoms with Crippen LogP contribution in [-0.2, 0) is 4.74 Å². The van der Waals surface area contributed by atoms with E-state index in [9.17, 15) is 5.11 Å². The van der Waals surface area contributed by atoms with Crippen LogP contribution in [0.15, 0.2) is 28.7 Å². The number of anilines is 1. The molecule has 1 fully saturated rings. The fourth-order valence-corrected chi connectivity index (χ4v) is 2.91. The zero-order chi connectivity index (χ0) is 13.0. The average molecular weight is 314 g/mol. The van der Waals surface area contributed by atoms with Crippen LogP contribution in [0.1, 0.15) is 25.7 Å². The first-order chi connectivity index (χ1) is 8.67. The van der Waals surface area contributed by atoms with Gasteiger partial charge in [0.05, 0.1) is 18.2 Å². The van der Waals surface area contributed by atoms with E-state index in [0.29, 0.717) is 0 Å². The molecular weight excluding hydrogens is 294 g/mol. The van der Waals surface area contributed by atoms with Crippen LogP contribution in [0.2, 0.25) is 0 Å². The molecule has 2 rings (SSSR count). The molecule has 0 spiro atoms. The van der Waals surface area contributed by atoms with E-state index in [0.717, 1.165) is 35.8 Å². The van der Waals surface area contributed by atoms with Crippen LogP contribution in [0, 0.1) is 0 Å². The van der Waals surface area contributed by atoms with E-state index < -0.39 is 0 Å². The van der Waals surface area contributed by atoms with Gasteiger partial charge in [-0.2, -0.15) is 0 Å². The van der Waals surface area contributed by atoms with Crippen molar-refractivity contribution in [3.63, 3.8) is 0 Å². The molecule has 2 N–H and O–H groups in total. The molecule has 2 unspecified atom stereocenters. The molecule has 2 atom stereocenters. The lowest BCUT2D eigenvalue weighted by Crippen LogP contribution is -2.48. The predicted octanol–water partition coefficient (Wildman–Crippen LogP) is 3.18. The van der Waals surface area contributed by atoms with Crippen LogP contribution in [0.4, 0.5) is 5.69 Å². The predicted molar refractivity (Wildman–Crippen MR) is 76.8 cm³/mol. The van der Waals surface area contributed by atoms with E-state index in [1.165, 1.54) is 0 Å². The summed E-state index contributed by atoms with van der Waals surface area (Å²) in [6.07, 6.45) is 4.26. The third kappa shape index (κ3) is 3.25. The molecular formula is C14H20BrNO2. The van der Waals surface area contributed by atoms with E-state index in [-0.39, 0.29) is 18.2 Å². The summed E-state index contributed by atoms with van der Waals surface area (Å²) in [6.45, 7) is 0.142. The fraction of sp³-hybridized carbons (Fsp3) is 0.571. The number of aliphatic hydroxyl groups is 1. The maximum Gasteiger partial charge on any atom is 0.0662 e. The second kappa shape index (κ2) is 6.04. The molecule has 100 valence electrons. The van der Waals surface area contributed by atoms with Gasteiger partial charge in [0, 0.05) is 17.3 Å². The van der Waals surface area contributed by atoms with Crippen LogP contribution in [0.5, 0.6) is 0 Å². The summed E-state index contributed by atoms with van der Waals surface area (Å²) < 4.78 is 6.51. The molecule has 1 aliphatic carbocycles. The number of hydrogen-bond acceptors (Lipinski definition) is 3. The van der Waals surface area contributed by atoms with Crippen molar-refractivity contribution in [2.24, 2.45) is 0 Å². The van der Waals surface area contributed by atoms with Crippen molar-refractivity contribution in [1.82, 2.24) is 0 Å². The van der Waals surface area contributed by atoms with E-state index in [1.54, 1.807) is 7.11 Å². The minimum Gasteiger partial charge on any atom is -0.394 e. The zero-order valence-electron chi connectivity index (χ0n) is 10.7. The Hall–Kier alpha value is -0.580. The third-order valence-electron chi connectivity index (χ3n) is 3.69. The topological polar surface area (TPSA) is 41.5 Å². The van der Waals surface area contributed by atoms with Gasteiger partial charge in [0.25, 0.3) is 0 Å². The first kappa shape index (κ1) is 13.8. The Morgan fingerprint density at radius 1 is 1.44 bits per heavy atom. The van der Waals surface area contributed by atoms with Crippen molar-refractivity contribution in [1.29, 1.82) is 0 Å². The van der Waals surface area contributed by atoms with Gasteiger partial charge >= 0.3 is 0 Å². The van der Waals surface area contributed by atoms with E-state index in [2.05, 4.69) is 21.2 Å². The van der Waals surface area contributed by atoms with Gasteiger partial charge in [-0.05, 0) is 49.9 Å². The molecule has 0 aliphatic heterocycles. The Labute approximate surface area is 117 Å². The molecule has 0 aromatic heterocycles. The molecule has 3 nitrogen and oxygen atoms in total. The van der Waals surface area contributed by atoms with Gasteiger partial charge in [0.2, 0.25) is 0 Å². The van der Waals surface area contributed by atoms with E-state index in [1.807, 2.05) is 24.3 Å². The van der Waals surface area contributed by atoms with Crippen LogP contribution in [0.3, 0.4) is 0 Å². The van der Waals surface area contributed by atoms with Crippen molar-refractivity contribution in [3.05, 3.63) is 28.7 Å². The standard InChI is InChI=1S/C14H20BrNO2/c1-18-13-3-2-8-14(9-13,10-17)16-12-6-4-11(15)5-7-12/h4-7,13,16-17H,2-3,8-10H2,1H3. The summed E-state index contributed by atoms with van der Waals surface area (Å²) in [6, 6.07) is 8.06. The number of nitrogens with one attached hydrogen (secondary N) is 1. The highest BCUT2D eigenvalue weighted by Crippen LogP contribution is 2.33. The Kier molecular flexibility index (Phi) is 4.65. The summed E-state index contributed by atoms with van der Waals surface area (Å²) in [5.74, 6) is 0. The Morgan fingerprint density at radius 3 is 2.78 bits per heavy atom. The number of rotatable bonds is 4. The lowest BCUT2D eigenvalue weighted by molar-refractivity contribution is 0.0307. The highest BCUT2D eigenvalue weighted by molar-refractivity contribution is 9.10. The number of halogens is 1. The summed E-state index contributed by atoms with van der Waals surface area (Å²) in [7, 11) is 1.75. The van der Waals surface area contributed by atoms with Crippen molar-refractivity contribution >= 4 is 21.6 Å². The van der Waals surface area contributed by atoms with Gasteiger partial charge in [0.15, 0.2) is 0 Å². The molecule has 0 bridgehead atoms. The molecule has 1 aliphatic rings. The van der Waals surface area contributed by atoms with Crippen molar-refractivity contribution in [3.8, 4) is 0 Å². The minimum atomic E-state index is -0.243.